The van der Waals surface area contributed by atoms with Crippen LogP contribution in [0.4, 0.5) is 11.4 Å². The van der Waals surface area contributed by atoms with E-state index in [9.17, 15) is 14.9 Å². The minimum absolute atomic E-state index is 0.137. The normalized spacial score (nSPS) is 16.8. The van der Waals surface area contributed by atoms with E-state index in [2.05, 4.69) is 5.32 Å². The van der Waals surface area contributed by atoms with Crippen molar-refractivity contribution in [1.82, 2.24) is 0 Å². The number of nitrogens with zero attached hydrogens (tertiary/aromatic N) is 2. The Hall–Kier alpha value is -3.24. The van der Waals surface area contributed by atoms with Gasteiger partial charge in [0.05, 0.1) is 5.25 Å². The summed E-state index contributed by atoms with van der Waals surface area (Å²) in [6.45, 7) is 1.94. The summed E-state index contributed by atoms with van der Waals surface area (Å²) in [5.41, 5.74) is 2.89. The standard InChI is InChI=1S/C26H19Cl2N3O2S/c1-16-5-9-20(10-6-16)30-24(32)22(15-29)26-31(21-11-7-18(27)8-12-21)25(33)23(34-26)14-17-3-2-4-19(28)13-17/h2-13,23H,14H2,1H3,(H,30,32)/b26-22-/t23-/m0/s1. The molecule has 1 N–H and O–H groups in total. The first-order valence-electron chi connectivity index (χ1n) is 10.4. The van der Waals surface area contributed by atoms with Gasteiger partial charge < -0.3 is 5.32 Å². The highest BCUT2D eigenvalue weighted by atomic mass is 35.5. The van der Waals surface area contributed by atoms with Gasteiger partial charge in [0.25, 0.3) is 5.91 Å². The molecule has 0 bridgehead atoms. The van der Waals surface area contributed by atoms with E-state index in [-0.39, 0.29) is 16.5 Å². The number of hydrogen-bond donors (Lipinski definition) is 1. The average molecular weight is 508 g/mol. The molecule has 34 heavy (non-hydrogen) atoms. The van der Waals surface area contributed by atoms with Crippen molar-refractivity contribution < 1.29 is 9.59 Å². The summed E-state index contributed by atoms with van der Waals surface area (Å²) >= 11 is 13.3. The molecule has 0 saturated carbocycles. The molecule has 0 aromatic heterocycles. The van der Waals surface area contributed by atoms with E-state index in [1.54, 1.807) is 48.5 Å². The fourth-order valence-corrected chi connectivity index (χ4v) is 5.17. The minimum atomic E-state index is -0.580. The highest BCUT2D eigenvalue weighted by Crippen LogP contribution is 2.42. The molecule has 0 aliphatic carbocycles. The van der Waals surface area contributed by atoms with Crippen LogP contribution in [0.25, 0.3) is 0 Å². The summed E-state index contributed by atoms with van der Waals surface area (Å²) in [6, 6.07) is 23.3. The molecule has 4 rings (SSSR count). The molecule has 3 aromatic carbocycles. The van der Waals surface area contributed by atoms with Crippen LogP contribution in [-0.4, -0.2) is 17.1 Å². The maximum atomic E-state index is 13.5. The first-order valence-corrected chi connectivity index (χ1v) is 12.0. The van der Waals surface area contributed by atoms with Gasteiger partial charge in [-0.05, 0) is 67.4 Å². The molecule has 0 unspecified atom stereocenters. The molecular formula is C26H19Cl2N3O2S. The van der Waals surface area contributed by atoms with Gasteiger partial charge in [-0.25, -0.2) is 0 Å². The lowest BCUT2D eigenvalue weighted by atomic mass is 10.1. The van der Waals surface area contributed by atoms with E-state index in [0.29, 0.717) is 27.8 Å². The summed E-state index contributed by atoms with van der Waals surface area (Å²) in [5.74, 6) is -0.804. The second-order valence-corrected chi connectivity index (χ2v) is 9.77. The fourth-order valence-electron chi connectivity index (χ4n) is 3.52. The Labute approximate surface area is 212 Å². The Balaban J connectivity index is 1.72. The number of halogens is 2. The molecular weight excluding hydrogens is 489 g/mol. The molecule has 0 spiro atoms. The summed E-state index contributed by atoms with van der Waals surface area (Å²) in [4.78, 5) is 28.0. The van der Waals surface area contributed by atoms with Crippen LogP contribution < -0.4 is 10.2 Å². The number of aryl methyl sites for hydroxylation is 1. The molecule has 1 atom stereocenters. The number of carbonyl (C=O) groups excluding carboxylic acids is 2. The van der Waals surface area contributed by atoms with Crippen LogP contribution in [0.3, 0.4) is 0 Å². The molecule has 1 aliphatic rings. The number of thioether (sulfide) groups is 1. The zero-order chi connectivity index (χ0) is 24.2. The minimum Gasteiger partial charge on any atom is -0.321 e. The smallest absolute Gasteiger partial charge is 0.269 e. The predicted octanol–water partition coefficient (Wildman–Crippen LogP) is 6.37. The Kier molecular flexibility index (Phi) is 7.28. The molecule has 2 amide bonds. The van der Waals surface area contributed by atoms with E-state index in [0.717, 1.165) is 11.1 Å². The molecule has 1 saturated heterocycles. The van der Waals surface area contributed by atoms with E-state index in [1.165, 1.54) is 16.7 Å². The van der Waals surface area contributed by atoms with Crippen LogP contribution in [0.5, 0.6) is 0 Å². The molecule has 5 nitrogen and oxygen atoms in total. The Bertz CT molecular complexity index is 1320. The molecule has 170 valence electrons. The van der Waals surface area contributed by atoms with Gasteiger partial charge in [0.1, 0.15) is 16.7 Å². The van der Waals surface area contributed by atoms with Gasteiger partial charge in [0.15, 0.2) is 0 Å². The first kappa shape index (κ1) is 23.9. The maximum absolute atomic E-state index is 13.5. The third-order valence-corrected chi connectivity index (χ3v) is 6.96. The van der Waals surface area contributed by atoms with E-state index >= 15 is 0 Å². The summed E-state index contributed by atoms with van der Waals surface area (Å²) in [6.07, 6.45) is 0.399. The van der Waals surface area contributed by atoms with E-state index in [1.807, 2.05) is 37.3 Å². The molecule has 0 radical (unpaired) electrons. The zero-order valence-electron chi connectivity index (χ0n) is 18.1. The van der Waals surface area contributed by atoms with E-state index in [4.69, 9.17) is 23.2 Å². The largest absolute Gasteiger partial charge is 0.321 e. The van der Waals surface area contributed by atoms with Crippen molar-refractivity contribution in [2.75, 3.05) is 10.2 Å². The number of hydrogen-bond acceptors (Lipinski definition) is 4. The molecule has 1 fully saturated rings. The Morgan fingerprint density at radius 3 is 2.41 bits per heavy atom. The van der Waals surface area contributed by atoms with Gasteiger partial charge in [-0.2, -0.15) is 5.26 Å². The highest BCUT2D eigenvalue weighted by molar-refractivity contribution is 8.05. The van der Waals surface area contributed by atoms with Gasteiger partial charge in [-0.1, -0.05) is 64.8 Å². The van der Waals surface area contributed by atoms with Crippen LogP contribution in [0.1, 0.15) is 11.1 Å². The van der Waals surface area contributed by atoms with Gasteiger partial charge in [-0.3, -0.25) is 14.5 Å². The van der Waals surface area contributed by atoms with Gasteiger partial charge in [-0.15, -0.1) is 0 Å². The summed E-state index contributed by atoms with van der Waals surface area (Å²) < 4.78 is 0. The van der Waals surface area contributed by atoms with Crippen LogP contribution in [0, 0.1) is 18.3 Å². The number of benzene rings is 3. The molecule has 1 aliphatic heterocycles. The lowest BCUT2D eigenvalue weighted by Crippen LogP contribution is -2.30. The van der Waals surface area contributed by atoms with Crippen LogP contribution in [0.2, 0.25) is 10.0 Å². The monoisotopic (exact) mass is 507 g/mol. The molecule has 8 heteroatoms. The first-order chi connectivity index (χ1) is 16.4. The van der Waals surface area contributed by atoms with Crippen molar-refractivity contribution in [2.24, 2.45) is 0 Å². The average Bonchev–Trinajstić information content (AvgIpc) is 3.12. The van der Waals surface area contributed by atoms with Crippen molar-refractivity contribution in [1.29, 1.82) is 5.26 Å². The van der Waals surface area contributed by atoms with Crippen LogP contribution in [0.15, 0.2) is 83.4 Å². The second-order valence-electron chi connectivity index (χ2n) is 7.70. The second kappa shape index (κ2) is 10.4. The third kappa shape index (κ3) is 5.28. The fraction of sp³-hybridized carbons (Fsp3) is 0.115. The SMILES string of the molecule is Cc1ccc(NC(=O)/C(C#N)=C2\S[C@@H](Cc3cccc(Cl)c3)C(=O)N2c2ccc(Cl)cc2)cc1. The quantitative estimate of drug-likeness (QED) is 0.321. The topological polar surface area (TPSA) is 73.2 Å². The number of rotatable bonds is 5. The summed E-state index contributed by atoms with van der Waals surface area (Å²) in [7, 11) is 0. The Morgan fingerprint density at radius 2 is 1.76 bits per heavy atom. The summed E-state index contributed by atoms with van der Waals surface area (Å²) in [5, 5.41) is 13.5. The number of amides is 2. The molecule has 3 aromatic rings. The van der Waals surface area contributed by atoms with Crippen LogP contribution >= 0.6 is 35.0 Å². The van der Waals surface area contributed by atoms with Gasteiger partial charge in [0, 0.05) is 21.4 Å². The Morgan fingerprint density at radius 1 is 1.06 bits per heavy atom. The highest BCUT2D eigenvalue weighted by Gasteiger charge is 2.40. The van der Waals surface area contributed by atoms with Gasteiger partial charge in [0.2, 0.25) is 5.91 Å². The van der Waals surface area contributed by atoms with Crippen LogP contribution in [-0.2, 0) is 16.0 Å². The third-order valence-electron chi connectivity index (χ3n) is 5.21. The van der Waals surface area contributed by atoms with Crippen molar-refractivity contribution in [3.05, 3.63) is 105 Å². The maximum Gasteiger partial charge on any atom is 0.269 e. The van der Waals surface area contributed by atoms with E-state index < -0.39 is 11.2 Å². The zero-order valence-corrected chi connectivity index (χ0v) is 20.4. The van der Waals surface area contributed by atoms with Crippen molar-refractivity contribution >= 4 is 58.2 Å². The predicted molar refractivity (Wildman–Crippen MR) is 138 cm³/mol. The van der Waals surface area contributed by atoms with Gasteiger partial charge >= 0.3 is 0 Å². The number of nitrogens with one attached hydrogen (secondary N) is 1. The number of carbonyl (C=O) groups is 2. The lowest BCUT2D eigenvalue weighted by Gasteiger charge is -2.19. The van der Waals surface area contributed by atoms with Crippen molar-refractivity contribution in [3.8, 4) is 6.07 Å². The van der Waals surface area contributed by atoms with Crippen molar-refractivity contribution in [3.63, 3.8) is 0 Å². The number of nitriles is 1. The lowest BCUT2D eigenvalue weighted by molar-refractivity contribution is -0.117. The molecule has 1 heterocycles. The number of anilines is 2. The van der Waals surface area contributed by atoms with Crippen molar-refractivity contribution in [2.45, 2.75) is 18.6 Å².